The molecule has 0 spiro atoms. The van der Waals surface area contributed by atoms with Crippen molar-refractivity contribution in [1.29, 1.82) is 0 Å². The maximum atomic E-state index is 11.7. The molecule has 1 saturated heterocycles. The first-order chi connectivity index (χ1) is 12.2. The lowest BCUT2D eigenvalue weighted by atomic mass is 10.1. The van der Waals surface area contributed by atoms with Crippen LogP contribution in [0.4, 0.5) is 5.69 Å². The van der Waals surface area contributed by atoms with Crippen molar-refractivity contribution < 1.29 is 4.79 Å². The van der Waals surface area contributed by atoms with Gasteiger partial charge in [0.15, 0.2) is 0 Å². The van der Waals surface area contributed by atoms with Crippen LogP contribution in [0.15, 0.2) is 24.3 Å². The Morgan fingerprint density at radius 3 is 1.76 bits per heavy atom. The van der Waals surface area contributed by atoms with Crippen LogP contribution in [0.5, 0.6) is 0 Å². The number of nitrogens with one attached hydrogen (secondary N) is 1. The fourth-order valence-corrected chi connectivity index (χ4v) is 2.41. The molecule has 0 unspecified atom stereocenters. The summed E-state index contributed by atoms with van der Waals surface area (Å²) in [5.74, 6) is 0.00449. The highest BCUT2D eigenvalue weighted by Gasteiger charge is 2.15. The SMILES string of the molecule is CC.CC.CC.CCNC(=O)c1ccc(N2CCN(CC)CC2)cc1. The van der Waals surface area contributed by atoms with Gasteiger partial charge in [-0.05, 0) is 37.7 Å². The summed E-state index contributed by atoms with van der Waals surface area (Å²) < 4.78 is 0. The van der Waals surface area contributed by atoms with Crippen LogP contribution in [-0.2, 0) is 0 Å². The molecule has 4 heteroatoms. The molecule has 0 aromatic heterocycles. The zero-order valence-corrected chi connectivity index (χ0v) is 17.9. The van der Waals surface area contributed by atoms with Gasteiger partial charge < -0.3 is 15.1 Å². The van der Waals surface area contributed by atoms with Crippen molar-refractivity contribution in [2.75, 3.05) is 44.2 Å². The maximum absolute atomic E-state index is 11.7. The molecule has 1 amide bonds. The molecular formula is C21H41N3O. The minimum atomic E-state index is 0.00449. The van der Waals surface area contributed by atoms with E-state index >= 15 is 0 Å². The normalized spacial score (nSPS) is 13.2. The second kappa shape index (κ2) is 17.3. The Morgan fingerprint density at radius 1 is 0.880 bits per heavy atom. The summed E-state index contributed by atoms with van der Waals surface area (Å²) in [4.78, 5) is 16.5. The van der Waals surface area contributed by atoms with Crippen molar-refractivity contribution in [2.45, 2.75) is 55.4 Å². The van der Waals surface area contributed by atoms with Gasteiger partial charge in [0, 0.05) is 44.0 Å². The van der Waals surface area contributed by atoms with E-state index in [1.54, 1.807) is 0 Å². The number of rotatable bonds is 4. The van der Waals surface area contributed by atoms with Crippen LogP contribution in [0.2, 0.25) is 0 Å². The molecule has 1 aliphatic heterocycles. The maximum Gasteiger partial charge on any atom is 0.251 e. The van der Waals surface area contributed by atoms with Crippen LogP contribution < -0.4 is 10.2 Å². The zero-order chi connectivity index (χ0) is 19.7. The van der Waals surface area contributed by atoms with E-state index in [4.69, 9.17) is 0 Å². The third-order valence-corrected chi connectivity index (χ3v) is 3.65. The Morgan fingerprint density at radius 2 is 1.36 bits per heavy atom. The van der Waals surface area contributed by atoms with Crippen LogP contribution in [0.25, 0.3) is 0 Å². The van der Waals surface area contributed by atoms with E-state index in [0.29, 0.717) is 6.54 Å². The lowest BCUT2D eigenvalue weighted by Gasteiger charge is -2.35. The van der Waals surface area contributed by atoms with Crippen LogP contribution >= 0.6 is 0 Å². The quantitative estimate of drug-likeness (QED) is 0.857. The molecule has 1 heterocycles. The molecule has 1 N–H and O–H groups in total. The molecule has 0 aliphatic carbocycles. The van der Waals surface area contributed by atoms with Gasteiger partial charge in [0.2, 0.25) is 0 Å². The number of carbonyl (C=O) groups is 1. The van der Waals surface area contributed by atoms with Crippen molar-refractivity contribution in [3.63, 3.8) is 0 Å². The summed E-state index contributed by atoms with van der Waals surface area (Å²) in [6.45, 7) is 22.3. The van der Waals surface area contributed by atoms with Gasteiger partial charge in [-0.25, -0.2) is 0 Å². The second-order valence-electron chi connectivity index (χ2n) is 4.83. The molecular weight excluding hydrogens is 310 g/mol. The number of piperazine rings is 1. The van der Waals surface area contributed by atoms with Gasteiger partial charge in [0.1, 0.15) is 0 Å². The van der Waals surface area contributed by atoms with Crippen LogP contribution in [0, 0.1) is 0 Å². The molecule has 2 rings (SSSR count). The Bertz CT molecular complexity index is 410. The van der Waals surface area contributed by atoms with E-state index in [2.05, 4.69) is 22.0 Å². The van der Waals surface area contributed by atoms with Gasteiger partial charge in [0.05, 0.1) is 0 Å². The number of carbonyl (C=O) groups excluding carboxylic acids is 1. The minimum Gasteiger partial charge on any atom is -0.369 e. The molecule has 25 heavy (non-hydrogen) atoms. The monoisotopic (exact) mass is 351 g/mol. The first-order valence-electron chi connectivity index (χ1n) is 10.1. The highest BCUT2D eigenvalue weighted by molar-refractivity contribution is 5.94. The van der Waals surface area contributed by atoms with E-state index in [1.165, 1.54) is 5.69 Å². The summed E-state index contributed by atoms with van der Waals surface area (Å²) in [5.41, 5.74) is 1.95. The molecule has 1 fully saturated rings. The first-order valence-corrected chi connectivity index (χ1v) is 10.1. The second-order valence-corrected chi connectivity index (χ2v) is 4.83. The van der Waals surface area contributed by atoms with Crippen LogP contribution in [-0.4, -0.2) is 50.1 Å². The smallest absolute Gasteiger partial charge is 0.251 e. The predicted molar refractivity (Wildman–Crippen MR) is 113 cm³/mol. The Balaban J connectivity index is 0. The van der Waals surface area contributed by atoms with Crippen molar-refractivity contribution in [3.8, 4) is 0 Å². The Kier molecular flexibility index (Phi) is 17.8. The van der Waals surface area contributed by atoms with Gasteiger partial charge in [-0.1, -0.05) is 48.5 Å². The third kappa shape index (κ3) is 9.49. The molecule has 1 aromatic rings. The highest BCUT2D eigenvalue weighted by Crippen LogP contribution is 2.17. The fraction of sp³-hybridized carbons (Fsp3) is 0.667. The van der Waals surface area contributed by atoms with Gasteiger partial charge in [-0.2, -0.15) is 0 Å². The van der Waals surface area contributed by atoms with E-state index in [0.717, 1.165) is 38.3 Å². The standard InChI is InChI=1S/C15H23N3O.3C2H6/c1-3-16-15(19)13-5-7-14(8-6-13)18-11-9-17(4-2)10-12-18;3*1-2/h5-8H,3-4,9-12H2,1-2H3,(H,16,19);3*1-2H3. The molecule has 0 saturated carbocycles. The summed E-state index contributed by atoms with van der Waals surface area (Å²) in [7, 11) is 0. The zero-order valence-electron chi connectivity index (χ0n) is 17.9. The fourth-order valence-electron chi connectivity index (χ4n) is 2.41. The average molecular weight is 352 g/mol. The molecule has 1 aliphatic rings. The summed E-state index contributed by atoms with van der Waals surface area (Å²) in [6.07, 6.45) is 0. The topological polar surface area (TPSA) is 35.6 Å². The van der Waals surface area contributed by atoms with Crippen LogP contribution in [0.3, 0.4) is 0 Å². The molecule has 146 valence electrons. The minimum absolute atomic E-state index is 0.00449. The number of hydrogen-bond donors (Lipinski definition) is 1. The molecule has 4 nitrogen and oxygen atoms in total. The summed E-state index contributed by atoms with van der Waals surface area (Å²) >= 11 is 0. The average Bonchev–Trinajstić information content (AvgIpc) is 2.73. The van der Waals surface area contributed by atoms with Crippen molar-refractivity contribution in [3.05, 3.63) is 29.8 Å². The Labute approximate surface area is 156 Å². The largest absolute Gasteiger partial charge is 0.369 e. The molecule has 0 radical (unpaired) electrons. The van der Waals surface area contributed by atoms with Gasteiger partial charge in [0.25, 0.3) is 5.91 Å². The van der Waals surface area contributed by atoms with Crippen molar-refractivity contribution >= 4 is 11.6 Å². The van der Waals surface area contributed by atoms with Gasteiger partial charge in [-0.3, -0.25) is 4.79 Å². The first kappa shape index (κ1) is 25.7. The highest BCUT2D eigenvalue weighted by atomic mass is 16.1. The number of amides is 1. The van der Waals surface area contributed by atoms with Gasteiger partial charge in [-0.15, -0.1) is 0 Å². The number of anilines is 1. The van der Waals surface area contributed by atoms with Gasteiger partial charge >= 0.3 is 0 Å². The molecule has 0 atom stereocenters. The lowest BCUT2D eigenvalue weighted by Crippen LogP contribution is -2.46. The summed E-state index contributed by atoms with van der Waals surface area (Å²) in [5, 5.41) is 2.82. The summed E-state index contributed by atoms with van der Waals surface area (Å²) in [6, 6.07) is 7.91. The third-order valence-electron chi connectivity index (χ3n) is 3.65. The Hall–Kier alpha value is -1.55. The molecule has 0 bridgehead atoms. The number of hydrogen-bond acceptors (Lipinski definition) is 3. The van der Waals surface area contributed by atoms with E-state index in [-0.39, 0.29) is 5.91 Å². The van der Waals surface area contributed by atoms with Crippen molar-refractivity contribution in [1.82, 2.24) is 10.2 Å². The lowest BCUT2D eigenvalue weighted by molar-refractivity contribution is 0.0956. The van der Waals surface area contributed by atoms with E-state index in [1.807, 2.05) is 72.7 Å². The van der Waals surface area contributed by atoms with E-state index in [9.17, 15) is 4.79 Å². The van der Waals surface area contributed by atoms with Crippen molar-refractivity contribution in [2.24, 2.45) is 0 Å². The van der Waals surface area contributed by atoms with Crippen LogP contribution in [0.1, 0.15) is 65.7 Å². The predicted octanol–water partition coefficient (Wildman–Crippen LogP) is 4.66. The number of benzene rings is 1. The molecule has 1 aromatic carbocycles. The van der Waals surface area contributed by atoms with E-state index < -0.39 is 0 Å². The number of nitrogens with zero attached hydrogens (tertiary/aromatic N) is 2. The number of likely N-dealkylation sites (N-methyl/N-ethyl adjacent to an activating group) is 1.